The predicted octanol–water partition coefficient (Wildman–Crippen LogP) is 6.08. The number of halogens is 3. The van der Waals surface area contributed by atoms with Gasteiger partial charge in [-0.2, -0.15) is 13.2 Å². The van der Waals surface area contributed by atoms with E-state index in [1.165, 1.54) is 5.56 Å². The highest BCUT2D eigenvalue weighted by molar-refractivity contribution is 6.00. The third kappa shape index (κ3) is 5.28. The van der Waals surface area contributed by atoms with Crippen LogP contribution in [0.15, 0.2) is 65.4 Å². The predicted molar refractivity (Wildman–Crippen MR) is 104 cm³/mol. The summed E-state index contributed by atoms with van der Waals surface area (Å²) in [4.78, 5) is 11.5. The van der Waals surface area contributed by atoms with Gasteiger partial charge < -0.3 is 9.84 Å². The number of allylic oxidation sites excluding steroid dienone is 2. The number of rotatable bonds is 5. The average Bonchev–Trinajstić information content (AvgIpc) is 2.69. The smallest absolute Gasteiger partial charge is 0.454 e. The van der Waals surface area contributed by atoms with Crippen molar-refractivity contribution < 1.29 is 27.8 Å². The number of carbonyl (C=O) groups excluding carboxylic acids is 1. The molecule has 2 aromatic carbocycles. The molecule has 1 aliphatic carbocycles. The van der Waals surface area contributed by atoms with Crippen LogP contribution in [0, 0.1) is 6.92 Å². The molecule has 0 fully saturated rings. The first-order valence-corrected chi connectivity index (χ1v) is 9.27. The van der Waals surface area contributed by atoms with E-state index in [1.807, 2.05) is 31.2 Å². The van der Waals surface area contributed by atoms with Crippen LogP contribution in [-0.4, -0.2) is 17.1 Å². The third-order valence-electron chi connectivity index (χ3n) is 4.74. The van der Waals surface area contributed by atoms with Crippen molar-refractivity contribution in [2.75, 3.05) is 0 Å². The van der Waals surface area contributed by atoms with Gasteiger partial charge in [0.15, 0.2) is 0 Å². The van der Waals surface area contributed by atoms with Gasteiger partial charge in [0.1, 0.15) is 18.1 Å². The van der Waals surface area contributed by atoms with Gasteiger partial charge in [0.2, 0.25) is 0 Å². The number of aliphatic hydroxyl groups is 1. The molecule has 0 aromatic heterocycles. The standard InChI is InChI=1S/C23H21F3O3/c1-15-5-7-17(8-6-15)14-29-19-11-9-16(10-12-19)13-18-3-2-4-20(21(18)27)22(28)23(24,25)26/h5-13,27H,2-4,14H2,1H3/b18-13+. The molecule has 152 valence electrons. The molecule has 0 saturated heterocycles. The van der Waals surface area contributed by atoms with Gasteiger partial charge in [0, 0.05) is 5.57 Å². The Balaban J connectivity index is 1.71. The van der Waals surface area contributed by atoms with E-state index in [9.17, 15) is 23.1 Å². The molecule has 0 unspecified atom stereocenters. The number of aliphatic hydroxyl groups excluding tert-OH is 1. The van der Waals surface area contributed by atoms with Crippen LogP contribution in [0.25, 0.3) is 6.08 Å². The van der Waals surface area contributed by atoms with E-state index in [4.69, 9.17) is 4.74 Å². The van der Waals surface area contributed by atoms with E-state index in [2.05, 4.69) is 0 Å². The van der Waals surface area contributed by atoms with Gasteiger partial charge in [0.05, 0.1) is 0 Å². The highest BCUT2D eigenvalue weighted by atomic mass is 19.4. The molecule has 0 heterocycles. The second kappa shape index (κ2) is 8.55. The SMILES string of the molecule is Cc1ccc(COc2ccc(/C=C3\CCCC(C(=O)C(F)(F)F)=C3O)cc2)cc1. The zero-order chi connectivity index (χ0) is 21.0. The molecule has 0 saturated carbocycles. The summed E-state index contributed by atoms with van der Waals surface area (Å²) in [5.41, 5.74) is 2.69. The monoisotopic (exact) mass is 402 g/mol. The Morgan fingerprint density at radius 2 is 1.72 bits per heavy atom. The molecule has 29 heavy (non-hydrogen) atoms. The molecule has 2 aromatic rings. The quantitative estimate of drug-likeness (QED) is 0.659. The van der Waals surface area contributed by atoms with Crippen LogP contribution in [0.5, 0.6) is 5.75 Å². The molecule has 0 atom stereocenters. The fraction of sp³-hybridized carbons (Fsp3) is 0.261. The van der Waals surface area contributed by atoms with Crippen molar-refractivity contribution in [3.05, 3.63) is 82.1 Å². The van der Waals surface area contributed by atoms with Crippen LogP contribution in [0.1, 0.15) is 36.0 Å². The van der Waals surface area contributed by atoms with Crippen LogP contribution < -0.4 is 4.74 Å². The van der Waals surface area contributed by atoms with E-state index in [-0.39, 0.29) is 6.42 Å². The largest absolute Gasteiger partial charge is 0.507 e. The lowest BCUT2D eigenvalue weighted by molar-refractivity contribution is -0.167. The van der Waals surface area contributed by atoms with E-state index in [0.717, 1.165) is 5.56 Å². The summed E-state index contributed by atoms with van der Waals surface area (Å²) in [5.74, 6) is -1.87. The molecule has 6 heteroatoms. The van der Waals surface area contributed by atoms with Crippen LogP contribution >= 0.6 is 0 Å². The fourth-order valence-electron chi connectivity index (χ4n) is 3.13. The molecule has 3 nitrogen and oxygen atoms in total. The number of ketones is 1. The minimum absolute atomic E-state index is 0.0761. The highest BCUT2D eigenvalue weighted by Gasteiger charge is 2.42. The van der Waals surface area contributed by atoms with Crippen molar-refractivity contribution in [1.29, 1.82) is 0 Å². The van der Waals surface area contributed by atoms with Crippen LogP contribution in [0.4, 0.5) is 13.2 Å². The number of benzene rings is 2. The Kier molecular flexibility index (Phi) is 6.11. The van der Waals surface area contributed by atoms with E-state index < -0.39 is 23.3 Å². The number of ether oxygens (including phenoxy) is 1. The second-order valence-electron chi connectivity index (χ2n) is 7.02. The van der Waals surface area contributed by atoms with E-state index >= 15 is 0 Å². The van der Waals surface area contributed by atoms with Gasteiger partial charge in [0.25, 0.3) is 5.78 Å². The molecular weight excluding hydrogens is 381 g/mol. The van der Waals surface area contributed by atoms with E-state index in [0.29, 0.717) is 36.3 Å². The Morgan fingerprint density at radius 1 is 1.07 bits per heavy atom. The summed E-state index contributed by atoms with van der Waals surface area (Å²) in [5, 5.41) is 10.2. The lowest BCUT2D eigenvalue weighted by Crippen LogP contribution is -2.27. The number of hydrogen-bond donors (Lipinski definition) is 1. The highest BCUT2D eigenvalue weighted by Crippen LogP contribution is 2.34. The number of hydrogen-bond acceptors (Lipinski definition) is 3. The topological polar surface area (TPSA) is 46.5 Å². The minimum Gasteiger partial charge on any atom is -0.507 e. The lowest BCUT2D eigenvalue weighted by Gasteiger charge is -2.19. The number of alkyl halides is 3. The van der Waals surface area contributed by atoms with Crippen molar-refractivity contribution in [2.45, 2.75) is 39.0 Å². The first kappa shape index (κ1) is 20.7. The summed E-state index contributed by atoms with van der Waals surface area (Å²) in [7, 11) is 0. The molecular formula is C23H21F3O3. The van der Waals surface area contributed by atoms with Gasteiger partial charge in [-0.15, -0.1) is 0 Å². The molecule has 0 radical (unpaired) electrons. The first-order chi connectivity index (χ1) is 13.7. The normalized spacial score (nSPS) is 16.2. The van der Waals surface area contributed by atoms with Gasteiger partial charge in [-0.05, 0) is 61.1 Å². The van der Waals surface area contributed by atoms with Crippen LogP contribution in [-0.2, 0) is 11.4 Å². The van der Waals surface area contributed by atoms with Gasteiger partial charge in [-0.1, -0.05) is 42.0 Å². The maximum atomic E-state index is 12.7. The Hall–Kier alpha value is -3.02. The molecule has 0 aliphatic heterocycles. The van der Waals surface area contributed by atoms with Gasteiger partial charge >= 0.3 is 6.18 Å². The summed E-state index contributed by atoms with van der Waals surface area (Å²) in [6.45, 7) is 2.44. The molecule has 0 spiro atoms. The third-order valence-corrected chi connectivity index (χ3v) is 4.74. The zero-order valence-corrected chi connectivity index (χ0v) is 15.9. The maximum Gasteiger partial charge on any atom is 0.454 e. The van der Waals surface area contributed by atoms with Gasteiger partial charge in [-0.25, -0.2) is 0 Å². The maximum absolute atomic E-state index is 12.7. The summed E-state index contributed by atoms with van der Waals surface area (Å²) in [6.07, 6.45) is -2.67. The van der Waals surface area contributed by atoms with Crippen molar-refractivity contribution >= 4 is 11.9 Å². The fourth-order valence-corrected chi connectivity index (χ4v) is 3.13. The van der Waals surface area contributed by atoms with Crippen LogP contribution in [0.3, 0.4) is 0 Å². The van der Waals surface area contributed by atoms with Gasteiger partial charge in [-0.3, -0.25) is 4.79 Å². The number of carbonyl (C=O) groups is 1. The summed E-state index contributed by atoms with van der Waals surface area (Å²) in [6, 6.07) is 15.0. The average molecular weight is 402 g/mol. The number of aryl methyl sites for hydroxylation is 1. The van der Waals surface area contributed by atoms with Crippen molar-refractivity contribution in [2.24, 2.45) is 0 Å². The molecule has 3 rings (SSSR count). The zero-order valence-electron chi connectivity index (χ0n) is 15.9. The molecule has 0 amide bonds. The van der Waals surface area contributed by atoms with E-state index in [1.54, 1.807) is 30.3 Å². The molecule has 0 bridgehead atoms. The Bertz CT molecular complexity index is 937. The lowest BCUT2D eigenvalue weighted by atomic mass is 9.89. The Labute approximate surface area is 167 Å². The molecule has 1 N–H and O–H groups in total. The Morgan fingerprint density at radius 3 is 2.34 bits per heavy atom. The summed E-state index contributed by atoms with van der Waals surface area (Å²) >= 11 is 0. The van der Waals surface area contributed by atoms with Crippen molar-refractivity contribution in [3.8, 4) is 5.75 Å². The van der Waals surface area contributed by atoms with Crippen LogP contribution in [0.2, 0.25) is 0 Å². The second-order valence-corrected chi connectivity index (χ2v) is 7.02. The number of Topliss-reactive ketones (excluding diaryl/α,β-unsaturated/α-hetero) is 1. The molecule has 1 aliphatic rings. The first-order valence-electron chi connectivity index (χ1n) is 9.27. The van der Waals surface area contributed by atoms with Crippen molar-refractivity contribution in [3.63, 3.8) is 0 Å². The summed E-state index contributed by atoms with van der Waals surface area (Å²) < 4.78 is 43.8. The van der Waals surface area contributed by atoms with Crippen molar-refractivity contribution in [1.82, 2.24) is 0 Å². The minimum atomic E-state index is -4.98.